The van der Waals surface area contributed by atoms with E-state index in [-0.39, 0.29) is 24.9 Å². The average Bonchev–Trinajstić information content (AvgIpc) is 2.80. The molecule has 166 valence electrons. The monoisotopic (exact) mass is 428 g/mol. The topological polar surface area (TPSA) is 67.9 Å². The Morgan fingerprint density at radius 2 is 2.00 bits per heavy atom. The Morgan fingerprint density at radius 1 is 1.26 bits per heavy atom. The maximum absolute atomic E-state index is 13.7. The summed E-state index contributed by atoms with van der Waals surface area (Å²) in [6, 6.07) is 11.1. The van der Waals surface area contributed by atoms with E-state index < -0.39 is 17.1 Å². The van der Waals surface area contributed by atoms with Gasteiger partial charge in [0.2, 0.25) is 5.91 Å². The van der Waals surface area contributed by atoms with Crippen molar-refractivity contribution in [2.75, 3.05) is 30.0 Å². The van der Waals surface area contributed by atoms with Crippen molar-refractivity contribution in [1.29, 1.82) is 0 Å². The van der Waals surface area contributed by atoms with Crippen molar-refractivity contribution in [2.45, 2.75) is 34.1 Å². The average molecular weight is 429 g/mol. The van der Waals surface area contributed by atoms with Crippen LogP contribution in [0.1, 0.15) is 34.1 Å². The van der Waals surface area contributed by atoms with Crippen LogP contribution < -0.4 is 19.7 Å². The largest absolute Gasteiger partial charge is 0.490 e. The number of benzene rings is 2. The Hall–Kier alpha value is -3.09. The molecule has 0 saturated heterocycles. The summed E-state index contributed by atoms with van der Waals surface area (Å²) in [6.45, 7) is 8.45. The molecule has 0 atom stereocenters. The van der Waals surface area contributed by atoms with Crippen LogP contribution in [-0.2, 0) is 9.59 Å². The van der Waals surface area contributed by atoms with Crippen LogP contribution in [0.4, 0.5) is 15.8 Å². The van der Waals surface area contributed by atoms with Gasteiger partial charge in [0, 0.05) is 12.2 Å². The van der Waals surface area contributed by atoms with Crippen molar-refractivity contribution in [1.82, 2.24) is 0 Å². The van der Waals surface area contributed by atoms with Gasteiger partial charge >= 0.3 is 0 Å². The first-order valence-corrected chi connectivity index (χ1v) is 10.4. The normalized spacial score (nSPS) is 15.2. The lowest BCUT2D eigenvalue weighted by atomic mass is 9.92. The lowest BCUT2D eigenvalue weighted by molar-refractivity contribution is -0.127. The lowest BCUT2D eigenvalue weighted by Gasteiger charge is -2.28. The first-order valence-electron chi connectivity index (χ1n) is 10.4. The van der Waals surface area contributed by atoms with E-state index in [9.17, 15) is 14.0 Å². The Balaban J connectivity index is 1.77. The smallest absolute Gasteiger partial charge is 0.262 e. The van der Waals surface area contributed by atoms with Gasteiger partial charge in [0.25, 0.3) is 5.91 Å². The van der Waals surface area contributed by atoms with Crippen LogP contribution in [-0.4, -0.2) is 31.6 Å². The van der Waals surface area contributed by atoms with Crippen molar-refractivity contribution >= 4 is 23.2 Å². The third-order valence-electron chi connectivity index (χ3n) is 5.07. The highest BCUT2D eigenvalue weighted by Crippen LogP contribution is 2.38. The van der Waals surface area contributed by atoms with Crippen LogP contribution in [0, 0.1) is 17.2 Å². The first-order chi connectivity index (χ1) is 14.7. The summed E-state index contributed by atoms with van der Waals surface area (Å²) in [5.41, 5.74) is 0.475. The molecule has 0 bridgehead atoms. The number of nitrogens with zero attached hydrogens (tertiary/aromatic N) is 1. The summed E-state index contributed by atoms with van der Waals surface area (Å²) in [5.74, 6) is 0.0710. The van der Waals surface area contributed by atoms with Crippen molar-refractivity contribution in [3.05, 3.63) is 48.3 Å². The molecule has 2 aromatic carbocycles. The zero-order valence-corrected chi connectivity index (χ0v) is 18.4. The third-order valence-corrected chi connectivity index (χ3v) is 5.07. The molecule has 0 aliphatic carbocycles. The first kappa shape index (κ1) is 22.6. The Kier molecular flexibility index (Phi) is 6.83. The molecular formula is C24H29FN2O4. The number of para-hydroxylation sites is 1. The predicted molar refractivity (Wildman–Crippen MR) is 118 cm³/mol. The van der Waals surface area contributed by atoms with Crippen molar-refractivity contribution < 1.29 is 23.5 Å². The number of hydrogen-bond acceptors (Lipinski definition) is 4. The minimum atomic E-state index is -0.660. The fraction of sp³-hybridized carbons (Fsp3) is 0.417. The second-order valence-electron chi connectivity index (χ2n) is 8.76. The van der Waals surface area contributed by atoms with Crippen LogP contribution >= 0.6 is 0 Å². The summed E-state index contributed by atoms with van der Waals surface area (Å²) < 4.78 is 24.8. The van der Waals surface area contributed by atoms with Gasteiger partial charge in [0.15, 0.2) is 18.2 Å². The number of rotatable bonds is 7. The van der Waals surface area contributed by atoms with Gasteiger partial charge in [-0.15, -0.1) is 0 Å². The minimum Gasteiger partial charge on any atom is -0.490 e. The molecule has 1 aliphatic heterocycles. The Labute approximate surface area is 182 Å². The van der Waals surface area contributed by atoms with E-state index in [4.69, 9.17) is 9.47 Å². The van der Waals surface area contributed by atoms with E-state index in [2.05, 4.69) is 19.2 Å². The molecule has 2 aromatic rings. The maximum Gasteiger partial charge on any atom is 0.262 e. The van der Waals surface area contributed by atoms with E-state index in [1.54, 1.807) is 35.2 Å². The molecule has 0 unspecified atom stereocenters. The molecule has 0 spiro atoms. The molecular weight excluding hydrogens is 399 g/mol. The van der Waals surface area contributed by atoms with Crippen LogP contribution in [0.2, 0.25) is 0 Å². The molecule has 31 heavy (non-hydrogen) atoms. The molecule has 2 amide bonds. The van der Waals surface area contributed by atoms with Crippen LogP contribution in [0.25, 0.3) is 0 Å². The molecule has 0 saturated carbocycles. The highest BCUT2D eigenvalue weighted by atomic mass is 19.1. The van der Waals surface area contributed by atoms with E-state index >= 15 is 0 Å². The molecule has 1 N–H and O–H groups in total. The quantitative estimate of drug-likeness (QED) is 0.698. The summed E-state index contributed by atoms with van der Waals surface area (Å²) in [4.78, 5) is 27.2. The predicted octanol–water partition coefficient (Wildman–Crippen LogP) is 4.64. The third kappa shape index (κ3) is 5.54. The van der Waals surface area contributed by atoms with Gasteiger partial charge in [-0.05, 0) is 56.5 Å². The highest BCUT2D eigenvalue weighted by molar-refractivity contribution is 6.00. The fourth-order valence-corrected chi connectivity index (χ4v) is 3.23. The van der Waals surface area contributed by atoms with Gasteiger partial charge in [-0.1, -0.05) is 26.0 Å². The van der Waals surface area contributed by atoms with Gasteiger partial charge in [0.1, 0.15) is 12.4 Å². The second kappa shape index (κ2) is 9.37. The molecule has 1 aliphatic rings. The van der Waals surface area contributed by atoms with E-state index in [1.807, 2.05) is 13.8 Å². The van der Waals surface area contributed by atoms with Crippen molar-refractivity contribution in [2.24, 2.45) is 11.3 Å². The number of anilines is 2. The number of carbonyl (C=O) groups excluding carboxylic acids is 2. The fourth-order valence-electron chi connectivity index (χ4n) is 3.23. The number of fused-ring (bicyclic) bond motifs is 1. The summed E-state index contributed by atoms with van der Waals surface area (Å²) >= 11 is 0. The number of carbonyl (C=O) groups is 2. The number of amides is 2. The van der Waals surface area contributed by atoms with Gasteiger partial charge in [-0.2, -0.15) is 0 Å². The molecule has 1 heterocycles. The zero-order valence-electron chi connectivity index (χ0n) is 18.4. The van der Waals surface area contributed by atoms with Gasteiger partial charge in [0.05, 0.1) is 11.1 Å². The van der Waals surface area contributed by atoms with Gasteiger partial charge in [-0.25, -0.2) is 4.39 Å². The SMILES string of the molecule is CC(C)CCN1C(=O)C(C)(C)COc2ccc(NC(=O)COc3ccccc3F)cc21. The number of hydrogen-bond donors (Lipinski definition) is 1. The number of halogens is 1. The maximum atomic E-state index is 13.7. The van der Waals surface area contributed by atoms with Crippen LogP contribution in [0.3, 0.4) is 0 Å². The summed E-state index contributed by atoms with van der Waals surface area (Å²) in [5, 5.41) is 2.74. The molecule has 0 aromatic heterocycles. The molecule has 6 nitrogen and oxygen atoms in total. The van der Waals surface area contributed by atoms with Gasteiger partial charge in [-0.3, -0.25) is 9.59 Å². The number of nitrogens with one attached hydrogen (secondary N) is 1. The van der Waals surface area contributed by atoms with Crippen molar-refractivity contribution in [3.8, 4) is 11.5 Å². The standard InChI is InChI=1S/C24H29FN2O4/c1-16(2)11-12-27-19-13-17(9-10-21(19)31-15-24(3,4)23(27)29)26-22(28)14-30-20-8-6-5-7-18(20)25/h5-10,13,16H,11-12,14-15H2,1-4H3,(H,26,28). The second-order valence-corrected chi connectivity index (χ2v) is 8.76. The van der Waals surface area contributed by atoms with Crippen LogP contribution in [0.15, 0.2) is 42.5 Å². The summed E-state index contributed by atoms with van der Waals surface area (Å²) in [6.07, 6.45) is 0.842. The van der Waals surface area contributed by atoms with Gasteiger partial charge < -0.3 is 19.7 Å². The molecule has 0 fully saturated rings. The molecule has 7 heteroatoms. The molecule has 3 rings (SSSR count). The Morgan fingerprint density at radius 3 is 2.71 bits per heavy atom. The van der Waals surface area contributed by atoms with E-state index in [0.29, 0.717) is 29.6 Å². The van der Waals surface area contributed by atoms with Crippen LogP contribution in [0.5, 0.6) is 11.5 Å². The Bertz CT molecular complexity index is 958. The highest BCUT2D eigenvalue weighted by Gasteiger charge is 2.37. The summed E-state index contributed by atoms with van der Waals surface area (Å²) in [7, 11) is 0. The van der Waals surface area contributed by atoms with Crippen molar-refractivity contribution in [3.63, 3.8) is 0 Å². The molecule has 0 radical (unpaired) electrons. The van der Waals surface area contributed by atoms with E-state index in [0.717, 1.165) is 6.42 Å². The minimum absolute atomic E-state index is 0.0145. The van der Waals surface area contributed by atoms with E-state index in [1.165, 1.54) is 12.1 Å². The zero-order chi connectivity index (χ0) is 22.6. The number of ether oxygens (including phenoxy) is 2. The lowest BCUT2D eigenvalue weighted by Crippen LogP contribution is -2.42.